The SMILES string of the molecule is COc1ccc(-c2nc(C#N)c(N)n2C)c(OC)c1. The number of ether oxygens (including phenoxy) is 2. The largest absolute Gasteiger partial charge is 0.497 e. The van der Waals surface area contributed by atoms with Crippen LogP contribution in [0.3, 0.4) is 0 Å². The Morgan fingerprint density at radius 3 is 2.58 bits per heavy atom. The van der Waals surface area contributed by atoms with E-state index in [2.05, 4.69) is 4.98 Å². The molecule has 0 unspecified atom stereocenters. The van der Waals surface area contributed by atoms with E-state index in [1.165, 1.54) is 0 Å². The maximum absolute atomic E-state index is 8.95. The van der Waals surface area contributed by atoms with Crippen LogP contribution >= 0.6 is 0 Å². The Balaban J connectivity index is 2.62. The number of nitrogens with zero attached hydrogens (tertiary/aromatic N) is 3. The lowest BCUT2D eigenvalue weighted by atomic mass is 10.2. The summed E-state index contributed by atoms with van der Waals surface area (Å²) in [6.07, 6.45) is 0. The smallest absolute Gasteiger partial charge is 0.183 e. The normalized spacial score (nSPS) is 10.0. The molecule has 0 saturated heterocycles. The lowest BCUT2D eigenvalue weighted by Crippen LogP contribution is -2.00. The molecule has 1 aromatic heterocycles. The van der Waals surface area contributed by atoms with E-state index >= 15 is 0 Å². The predicted molar refractivity (Wildman–Crippen MR) is 70.9 cm³/mol. The molecule has 0 aliphatic rings. The Kier molecular flexibility index (Phi) is 3.29. The molecule has 0 atom stereocenters. The number of nitriles is 1. The summed E-state index contributed by atoms with van der Waals surface area (Å²) < 4.78 is 12.1. The van der Waals surface area contributed by atoms with Gasteiger partial charge in [0.1, 0.15) is 29.2 Å². The van der Waals surface area contributed by atoms with Crippen molar-refractivity contribution in [3.05, 3.63) is 23.9 Å². The first-order valence-electron chi connectivity index (χ1n) is 5.57. The van der Waals surface area contributed by atoms with Crippen molar-refractivity contribution in [1.29, 1.82) is 5.26 Å². The van der Waals surface area contributed by atoms with Gasteiger partial charge in [0.25, 0.3) is 0 Å². The molecule has 0 amide bonds. The lowest BCUT2D eigenvalue weighted by Gasteiger charge is -2.10. The van der Waals surface area contributed by atoms with Crippen molar-refractivity contribution < 1.29 is 9.47 Å². The molecule has 1 heterocycles. The number of benzene rings is 1. The molecule has 0 spiro atoms. The van der Waals surface area contributed by atoms with Crippen molar-refractivity contribution in [1.82, 2.24) is 9.55 Å². The first-order valence-corrected chi connectivity index (χ1v) is 5.57. The third kappa shape index (κ3) is 2.06. The molecule has 0 aliphatic carbocycles. The molecule has 19 heavy (non-hydrogen) atoms. The van der Waals surface area contributed by atoms with Crippen LogP contribution in [0.15, 0.2) is 18.2 Å². The van der Waals surface area contributed by atoms with Gasteiger partial charge in [-0.25, -0.2) is 4.98 Å². The monoisotopic (exact) mass is 258 g/mol. The molecule has 6 heteroatoms. The number of anilines is 1. The molecule has 2 aromatic rings. The highest BCUT2D eigenvalue weighted by Gasteiger charge is 2.17. The third-order valence-electron chi connectivity index (χ3n) is 2.89. The fourth-order valence-electron chi connectivity index (χ4n) is 1.82. The van der Waals surface area contributed by atoms with E-state index in [1.807, 2.05) is 12.1 Å². The van der Waals surface area contributed by atoms with Gasteiger partial charge >= 0.3 is 0 Å². The van der Waals surface area contributed by atoms with E-state index in [4.69, 9.17) is 20.5 Å². The average molecular weight is 258 g/mol. The average Bonchev–Trinajstić information content (AvgIpc) is 2.74. The van der Waals surface area contributed by atoms with Gasteiger partial charge in [0.15, 0.2) is 5.69 Å². The summed E-state index contributed by atoms with van der Waals surface area (Å²) in [6.45, 7) is 0. The number of methoxy groups -OCH3 is 2. The Bertz CT molecular complexity index is 655. The summed E-state index contributed by atoms with van der Waals surface area (Å²) >= 11 is 0. The van der Waals surface area contributed by atoms with Crippen molar-refractivity contribution in [3.8, 4) is 29.0 Å². The van der Waals surface area contributed by atoms with Gasteiger partial charge in [-0.1, -0.05) is 0 Å². The molecule has 1 aromatic carbocycles. The van der Waals surface area contributed by atoms with Crippen LogP contribution in [0, 0.1) is 11.3 Å². The lowest BCUT2D eigenvalue weighted by molar-refractivity contribution is 0.395. The summed E-state index contributed by atoms with van der Waals surface area (Å²) in [4.78, 5) is 4.22. The fourth-order valence-corrected chi connectivity index (χ4v) is 1.82. The topological polar surface area (TPSA) is 86.1 Å². The van der Waals surface area contributed by atoms with Crippen LogP contribution < -0.4 is 15.2 Å². The minimum Gasteiger partial charge on any atom is -0.497 e. The van der Waals surface area contributed by atoms with Crippen molar-refractivity contribution >= 4 is 5.82 Å². The molecule has 2 N–H and O–H groups in total. The van der Waals surface area contributed by atoms with Gasteiger partial charge < -0.3 is 19.8 Å². The van der Waals surface area contributed by atoms with Crippen LogP contribution in [0.5, 0.6) is 11.5 Å². The molecule has 98 valence electrons. The second-order valence-electron chi connectivity index (χ2n) is 3.91. The molecule has 0 radical (unpaired) electrons. The highest BCUT2D eigenvalue weighted by molar-refractivity contribution is 5.69. The predicted octanol–water partition coefficient (Wildman–Crippen LogP) is 1.56. The van der Waals surface area contributed by atoms with Crippen molar-refractivity contribution in [2.45, 2.75) is 0 Å². The Labute approximate surface area is 111 Å². The van der Waals surface area contributed by atoms with Gasteiger partial charge in [0, 0.05) is 13.1 Å². The first-order chi connectivity index (χ1) is 9.12. The second-order valence-corrected chi connectivity index (χ2v) is 3.91. The number of nitrogen functional groups attached to an aromatic ring is 1. The molecule has 0 saturated carbocycles. The number of rotatable bonds is 3. The van der Waals surface area contributed by atoms with Gasteiger partial charge in [-0.2, -0.15) is 5.26 Å². The van der Waals surface area contributed by atoms with Crippen LogP contribution in [0.4, 0.5) is 5.82 Å². The van der Waals surface area contributed by atoms with Crippen LogP contribution in [-0.4, -0.2) is 23.8 Å². The second kappa shape index (κ2) is 4.90. The van der Waals surface area contributed by atoms with E-state index in [1.54, 1.807) is 38.0 Å². The summed E-state index contributed by atoms with van der Waals surface area (Å²) in [5, 5.41) is 8.95. The van der Waals surface area contributed by atoms with Gasteiger partial charge in [0.05, 0.1) is 19.8 Å². The highest BCUT2D eigenvalue weighted by Crippen LogP contribution is 2.33. The molecule has 0 bridgehead atoms. The third-order valence-corrected chi connectivity index (χ3v) is 2.89. The van der Waals surface area contributed by atoms with Crippen LogP contribution in [0.25, 0.3) is 11.4 Å². The zero-order valence-corrected chi connectivity index (χ0v) is 11.0. The fraction of sp³-hybridized carbons (Fsp3) is 0.231. The van der Waals surface area contributed by atoms with Crippen LogP contribution in [0.1, 0.15) is 5.69 Å². The maximum Gasteiger partial charge on any atom is 0.183 e. The van der Waals surface area contributed by atoms with E-state index < -0.39 is 0 Å². The van der Waals surface area contributed by atoms with E-state index in [0.29, 0.717) is 23.1 Å². The van der Waals surface area contributed by atoms with E-state index in [-0.39, 0.29) is 5.69 Å². The van der Waals surface area contributed by atoms with Crippen molar-refractivity contribution in [2.24, 2.45) is 7.05 Å². The van der Waals surface area contributed by atoms with Crippen LogP contribution in [0.2, 0.25) is 0 Å². The van der Waals surface area contributed by atoms with Gasteiger partial charge in [-0.3, -0.25) is 0 Å². The number of aromatic nitrogens is 2. The number of imidazole rings is 1. The van der Waals surface area contributed by atoms with Gasteiger partial charge in [-0.15, -0.1) is 0 Å². The van der Waals surface area contributed by atoms with E-state index in [0.717, 1.165) is 5.56 Å². The number of nitrogens with two attached hydrogens (primary N) is 1. The maximum atomic E-state index is 8.95. The summed E-state index contributed by atoms with van der Waals surface area (Å²) in [5.74, 6) is 2.20. The molecular weight excluding hydrogens is 244 g/mol. The summed E-state index contributed by atoms with van der Waals surface area (Å²) in [6, 6.07) is 7.34. The van der Waals surface area contributed by atoms with E-state index in [9.17, 15) is 0 Å². The van der Waals surface area contributed by atoms with Gasteiger partial charge in [-0.05, 0) is 12.1 Å². The molecular formula is C13H14N4O2. The molecule has 6 nitrogen and oxygen atoms in total. The zero-order chi connectivity index (χ0) is 14.0. The quantitative estimate of drug-likeness (QED) is 0.902. The minimum absolute atomic E-state index is 0.204. The number of hydrogen-bond donors (Lipinski definition) is 1. The van der Waals surface area contributed by atoms with Crippen molar-refractivity contribution in [3.63, 3.8) is 0 Å². The van der Waals surface area contributed by atoms with Gasteiger partial charge in [0.2, 0.25) is 0 Å². The summed E-state index contributed by atoms with van der Waals surface area (Å²) in [7, 11) is 4.90. The highest BCUT2D eigenvalue weighted by atomic mass is 16.5. The Hall–Kier alpha value is -2.68. The van der Waals surface area contributed by atoms with Crippen LogP contribution in [-0.2, 0) is 7.05 Å². The molecule has 0 fully saturated rings. The standard InChI is InChI=1S/C13H14N4O2/c1-17-12(15)10(7-14)16-13(17)9-5-4-8(18-2)6-11(9)19-3/h4-6H,15H2,1-3H3. The summed E-state index contributed by atoms with van der Waals surface area (Å²) in [5.41, 5.74) is 6.76. The molecule has 2 rings (SSSR count). The zero-order valence-electron chi connectivity index (χ0n) is 11.0. The minimum atomic E-state index is 0.204. The van der Waals surface area contributed by atoms with Crippen molar-refractivity contribution in [2.75, 3.05) is 20.0 Å². The Morgan fingerprint density at radius 1 is 1.32 bits per heavy atom. The number of hydrogen-bond acceptors (Lipinski definition) is 5. The Morgan fingerprint density at radius 2 is 2.05 bits per heavy atom. The molecule has 0 aliphatic heterocycles. The first kappa shape index (κ1) is 12.8.